The normalized spacial score (nSPS) is 13.9. The summed E-state index contributed by atoms with van der Waals surface area (Å²) in [6.45, 7) is 5.42. The average molecular weight is 439 g/mol. The van der Waals surface area contributed by atoms with E-state index < -0.39 is 5.69 Å². The molecule has 0 radical (unpaired) electrons. The Morgan fingerprint density at radius 2 is 1.88 bits per heavy atom. The molecule has 0 bridgehead atoms. The van der Waals surface area contributed by atoms with Gasteiger partial charge < -0.3 is 10.6 Å². The summed E-state index contributed by atoms with van der Waals surface area (Å²) in [5.74, 6) is 0.733. The fraction of sp³-hybridized carbons (Fsp3) is 0.478. The number of carbonyl (C=O) groups is 1. The van der Waals surface area contributed by atoms with Crippen LogP contribution in [0.3, 0.4) is 0 Å². The third kappa shape index (κ3) is 3.94. The number of aromatic nitrogens is 4. The minimum absolute atomic E-state index is 0.0956. The summed E-state index contributed by atoms with van der Waals surface area (Å²) >= 11 is 0. The molecule has 32 heavy (non-hydrogen) atoms. The van der Waals surface area contributed by atoms with Crippen molar-refractivity contribution < 1.29 is 4.79 Å². The first-order valence-electron chi connectivity index (χ1n) is 11.0. The zero-order valence-electron chi connectivity index (χ0n) is 19.1. The fourth-order valence-corrected chi connectivity index (χ4v) is 4.05. The summed E-state index contributed by atoms with van der Waals surface area (Å²) < 4.78 is 4.32. The highest BCUT2D eigenvalue weighted by molar-refractivity contribution is 5.79. The summed E-state index contributed by atoms with van der Waals surface area (Å²) in [5, 5.41) is 6.21. The minimum atomic E-state index is -0.418. The fourth-order valence-electron chi connectivity index (χ4n) is 4.05. The number of anilines is 1. The first kappa shape index (κ1) is 21.9. The Hall–Kier alpha value is -3.36. The second-order valence-corrected chi connectivity index (χ2v) is 8.68. The Labute approximate surface area is 186 Å². The molecule has 9 nitrogen and oxygen atoms in total. The molecule has 0 atom stereocenters. The zero-order chi connectivity index (χ0) is 23.0. The minimum Gasteiger partial charge on any atom is -0.354 e. The average Bonchev–Trinajstić information content (AvgIpc) is 3.08. The van der Waals surface area contributed by atoms with Gasteiger partial charge in [0.2, 0.25) is 11.9 Å². The van der Waals surface area contributed by atoms with Crippen LogP contribution in [-0.4, -0.2) is 37.7 Å². The van der Waals surface area contributed by atoms with Crippen LogP contribution in [0, 0.1) is 19.8 Å². The van der Waals surface area contributed by atoms with E-state index in [1.54, 1.807) is 7.05 Å². The van der Waals surface area contributed by atoms with Crippen LogP contribution in [0.25, 0.3) is 11.2 Å². The molecule has 0 unspecified atom stereocenters. The molecule has 2 N–H and O–H groups in total. The molecule has 0 aliphatic heterocycles. The van der Waals surface area contributed by atoms with Gasteiger partial charge in [0, 0.05) is 33.1 Å². The van der Waals surface area contributed by atoms with Gasteiger partial charge >= 0.3 is 5.69 Å². The van der Waals surface area contributed by atoms with Gasteiger partial charge in [-0.2, -0.15) is 4.98 Å². The van der Waals surface area contributed by atoms with Crippen molar-refractivity contribution in [3.05, 3.63) is 55.7 Å². The van der Waals surface area contributed by atoms with Crippen molar-refractivity contribution in [3.8, 4) is 0 Å². The van der Waals surface area contributed by atoms with Crippen molar-refractivity contribution in [1.82, 2.24) is 24.0 Å². The highest BCUT2D eigenvalue weighted by Gasteiger charge is 2.24. The monoisotopic (exact) mass is 438 g/mol. The molecule has 2 heterocycles. The highest BCUT2D eigenvalue weighted by atomic mass is 16.2. The summed E-state index contributed by atoms with van der Waals surface area (Å²) in [7, 11) is 3.09. The Bertz CT molecular complexity index is 1300. The number of aryl methyl sites for hydroxylation is 3. The molecule has 0 spiro atoms. The van der Waals surface area contributed by atoms with E-state index in [-0.39, 0.29) is 17.4 Å². The van der Waals surface area contributed by atoms with Crippen molar-refractivity contribution in [3.63, 3.8) is 0 Å². The number of amides is 1. The van der Waals surface area contributed by atoms with E-state index in [1.807, 2.05) is 18.4 Å². The molecular weight excluding hydrogens is 408 g/mol. The van der Waals surface area contributed by atoms with Crippen LogP contribution in [0.15, 0.2) is 27.8 Å². The van der Waals surface area contributed by atoms with Crippen molar-refractivity contribution >= 4 is 23.0 Å². The molecule has 1 saturated carbocycles. The maximum Gasteiger partial charge on any atom is 0.332 e. The van der Waals surface area contributed by atoms with E-state index >= 15 is 0 Å². The largest absolute Gasteiger partial charge is 0.354 e. The van der Waals surface area contributed by atoms with Crippen LogP contribution in [0.4, 0.5) is 5.95 Å². The molecule has 3 aromatic rings. The van der Waals surface area contributed by atoms with Crippen LogP contribution >= 0.6 is 0 Å². The lowest BCUT2D eigenvalue weighted by Crippen LogP contribution is -2.37. The molecule has 1 fully saturated rings. The molecule has 4 rings (SSSR count). The number of imidazole rings is 1. The van der Waals surface area contributed by atoms with Crippen molar-refractivity contribution in [2.75, 3.05) is 18.4 Å². The van der Waals surface area contributed by atoms with E-state index in [4.69, 9.17) is 0 Å². The first-order valence-corrected chi connectivity index (χ1v) is 11.0. The summed E-state index contributed by atoms with van der Waals surface area (Å²) in [6.07, 6.45) is 3.04. The van der Waals surface area contributed by atoms with Crippen molar-refractivity contribution in [2.24, 2.45) is 20.0 Å². The number of carbonyl (C=O) groups excluding carboxylic acids is 1. The predicted molar refractivity (Wildman–Crippen MR) is 124 cm³/mol. The maximum atomic E-state index is 13.0. The SMILES string of the molecule is Cc1ccc(C)c(Cn2c(NCCNC(=O)C3CCC3)nc3c2c(=O)n(C)c(=O)n3C)c1. The van der Waals surface area contributed by atoms with Gasteiger partial charge in [0.15, 0.2) is 11.2 Å². The third-order valence-corrected chi connectivity index (χ3v) is 6.36. The Morgan fingerprint density at radius 3 is 2.56 bits per heavy atom. The maximum absolute atomic E-state index is 13.0. The lowest BCUT2D eigenvalue weighted by molar-refractivity contribution is -0.127. The van der Waals surface area contributed by atoms with Crippen LogP contribution in [0.1, 0.15) is 36.0 Å². The van der Waals surface area contributed by atoms with Gasteiger partial charge in [0.25, 0.3) is 5.56 Å². The van der Waals surface area contributed by atoms with Crippen LogP contribution < -0.4 is 21.9 Å². The number of benzene rings is 1. The van der Waals surface area contributed by atoms with Crippen molar-refractivity contribution in [2.45, 2.75) is 39.7 Å². The van der Waals surface area contributed by atoms with Crippen molar-refractivity contribution in [1.29, 1.82) is 0 Å². The smallest absolute Gasteiger partial charge is 0.332 e. The van der Waals surface area contributed by atoms with Crippen LogP contribution in [0.5, 0.6) is 0 Å². The lowest BCUT2D eigenvalue weighted by Gasteiger charge is -2.24. The van der Waals surface area contributed by atoms with Gasteiger partial charge in [-0.3, -0.25) is 23.3 Å². The van der Waals surface area contributed by atoms with E-state index in [9.17, 15) is 14.4 Å². The molecular formula is C23H30N6O3. The molecule has 9 heteroatoms. The molecule has 1 aliphatic carbocycles. The van der Waals surface area contributed by atoms with Crippen LogP contribution in [-0.2, 0) is 25.4 Å². The van der Waals surface area contributed by atoms with Gasteiger partial charge in [-0.05, 0) is 37.8 Å². The molecule has 1 amide bonds. The Balaban J connectivity index is 1.68. The first-order chi connectivity index (χ1) is 15.3. The van der Waals surface area contributed by atoms with E-state index in [1.165, 1.54) is 11.6 Å². The topological polar surface area (TPSA) is 103 Å². The molecule has 170 valence electrons. The lowest BCUT2D eigenvalue weighted by atomic mass is 9.85. The van der Waals surface area contributed by atoms with E-state index in [0.717, 1.165) is 40.5 Å². The van der Waals surface area contributed by atoms with Gasteiger partial charge in [0.05, 0.1) is 6.54 Å². The van der Waals surface area contributed by atoms with Gasteiger partial charge in [-0.25, -0.2) is 4.79 Å². The van der Waals surface area contributed by atoms with Gasteiger partial charge in [-0.1, -0.05) is 30.2 Å². The number of hydrogen-bond acceptors (Lipinski definition) is 5. The second-order valence-electron chi connectivity index (χ2n) is 8.68. The standard InChI is InChI=1S/C23H30N6O3/c1-14-8-9-15(2)17(12-14)13-29-18-19(27(3)23(32)28(4)21(18)31)26-22(29)25-11-10-24-20(30)16-6-5-7-16/h8-9,12,16H,5-7,10-11,13H2,1-4H3,(H,24,30)(H,25,26). The zero-order valence-corrected chi connectivity index (χ0v) is 19.1. The number of fused-ring (bicyclic) bond motifs is 1. The summed E-state index contributed by atoms with van der Waals surface area (Å²) in [4.78, 5) is 42.1. The highest BCUT2D eigenvalue weighted by Crippen LogP contribution is 2.26. The Kier molecular flexibility index (Phi) is 5.90. The van der Waals surface area contributed by atoms with E-state index in [2.05, 4.69) is 33.8 Å². The summed E-state index contributed by atoms with van der Waals surface area (Å²) in [6, 6.07) is 6.20. The van der Waals surface area contributed by atoms with Gasteiger partial charge in [-0.15, -0.1) is 0 Å². The predicted octanol–water partition coefficient (Wildman–Crippen LogP) is 1.43. The Morgan fingerprint density at radius 1 is 1.12 bits per heavy atom. The summed E-state index contributed by atoms with van der Waals surface area (Å²) in [5.41, 5.74) is 3.22. The number of hydrogen-bond donors (Lipinski definition) is 2. The number of nitrogens with one attached hydrogen (secondary N) is 2. The van der Waals surface area contributed by atoms with Gasteiger partial charge in [0.1, 0.15) is 0 Å². The molecule has 2 aromatic heterocycles. The molecule has 0 saturated heterocycles. The second kappa shape index (κ2) is 8.64. The molecule has 1 aromatic carbocycles. The van der Waals surface area contributed by atoms with E-state index in [0.29, 0.717) is 36.7 Å². The number of nitrogens with zero attached hydrogens (tertiary/aromatic N) is 4. The third-order valence-electron chi connectivity index (χ3n) is 6.36. The number of rotatable bonds is 7. The van der Waals surface area contributed by atoms with Crippen LogP contribution in [0.2, 0.25) is 0 Å². The molecule has 1 aliphatic rings. The quantitative estimate of drug-likeness (QED) is 0.543.